The normalized spacial score (nSPS) is 10.7. The maximum Gasteiger partial charge on any atom is 0.266 e. The third-order valence-electron chi connectivity index (χ3n) is 4.28. The molecule has 3 rings (SSSR count). The maximum absolute atomic E-state index is 13.5. The van der Waals surface area contributed by atoms with Crippen molar-refractivity contribution < 1.29 is 18.7 Å². The summed E-state index contributed by atoms with van der Waals surface area (Å²) in [5.74, 6) is 0.532. The summed E-state index contributed by atoms with van der Waals surface area (Å²) in [5.41, 5.74) is 0.669. The van der Waals surface area contributed by atoms with Gasteiger partial charge in [0.25, 0.3) is 5.91 Å². The monoisotopic (exact) mass is 453 g/mol. The van der Waals surface area contributed by atoms with E-state index in [0.29, 0.717) is 33.4 Å². The van der Waals surface area contributed by atoms with E-state index < -0.39 is 0 Å². The molecule has 0 aliphatic heterocycles. The van der Waals surface area contributed by atoms with Crippen LogP contribution in [0.3, 0.4) is 0 Å². The second-order valence-corrected chi connectivity index (χ2v) is 7.76. The van der Waals surface area contributed by atoms with Gasteiger partial charge in [0.1, 0.15) is 5.82 Å². The molecule has 0 aliphatic rings. The van der Waals surface area contributed by atoms with E-state index in [0.717, 1.165) is 13.0 Å². The van der Waals surface area contributed by atoms with Gasteiger partial charge >= 0.3 is 0 Å². The fourth-order valence-corrected chi connectivity index (χ4v) is 3.86. The Balaban J connectivity index is 0.00000320. The molecule has 0 bridgehead atoms. The van der Waals surface area contributed by atoms with Crippen molar-refractivity contribution in [3.63, 3.8) is 0 Å². The van der Waals surface area contributed by atoms with E-state index in [1.165, 1.54) is 23.5 Å². The summed E-state index contributed by atoms with van der Waals surface area (Å²) in [5, 5.41) is 0.540. The van der Waals surface area contributed by atoms with Crippen LogP contribution in [0.4, 0.5) is 9.52 Å². The van der Waals surface area contributed by atoms with Gasteiger partial charge < -0.3 is 14.4 Å². The van der Waals surface area contributed by atoms with Crippen molar-refractivity contribution in [3.8, 4) is 11.5 Å². The van der Waals surface area contributed by atoms with E-state index >= 15 is 0 Å². The molecule has 1 heterocycles. The minimum absolute atomic E-state index is 0. The SMILES string of the molecule is COc1ccccc1OCC(=O)N(CCCN(C)C)c1nc2ccc(F)cc2s1.Cl. The second kappa shape index (κ2) is 11.1. The van der Waals surface area contributed by atoms with Crippen molar-refractivity contribution in [1.29, 1.82) is 0 Å². The van der Waals surface area contributed by atoms with Gasteiger partial charge in [-0.15, -0.1) is 12.4 Å². The average molecular weight is 454 g/mol. The highest BCUT2D eigenvalue weighted by Gasteiger charge is 2.21. The number of halogens is 2. The molecule has 3 aromatic rings. The number of benzene rings is 2. The fraction of sp³-hybridized carbons (Fsp3) is 0.333. The summed E-state index contributed by atoms with van der Waals surface area (Å²) in [6.07, 6.45) is 0.775. The maximum atomic E-state index is 13.5. The molecule has 0 N–H and O–H groups in total. The molecule has 162 valence electrons. The van der Waals surface area contributed by atoms with Crippen LogP contribution in [0.2, 0.25) is 0 Å². The van der Waals surface area contributed by atoms with Gasteiger partial charge in [0.15, 0.2) is 23.2 Å². The van der Waals surface area contributed by atoms with Crippen LogP contribution < -0.4 is 14.4 Å². The number of hydrogen-bond acceptors (Lipinski definition) is 6. The van der Waals surface area contributed by atoms with Crippen LogP contribution in [0, 0.1) is 5.82 Å². The number of rotatable bonds is 9. The Labute approximate surface area is 185 Å². The molecule has 0 saturated heterocycles. The summed E-state index contributed by atoms with van der Waals surface area (Å²) in [4.78, 5) is 21.2. The third-order valence-corrected chi connectivity index (χ3v) is 5.32. The summed E-state index contributed by atoms with van der Waals surface area (Å²) in [7, 11) is 5.52. The lowest BCUT2D eigenvalue weighted by molar-refractivity contribution is -0.120. The van der Waals surface area contributed by atoms with Gasteiger partial charge in [0.05, 0.1) is 17.3 Å². The zero-order chi connectivity index (χ0) is 20.8. The van der Waals surface area contributed by atoms with Crippen LogP contribution in [0.15, 0.2) is 42.5 Å². The van der Waals surface area contributed by atoms with Crippen molar-refractivity contribution in [3.05, 3.63) is 48.3 Å². The van der Waals surface area contributed by atoms with Crippen LogP contribution in [-0.2, 0) is 4.79 Å². The molecule has 0 spiro atoms. The van der Waals surface area contributed by atoms with Crippen molar-refractivity contribution in [2.24, 2.45) is 0 Å². The number of nitrogens with zero attached hydrogens (tertiary/aromatic N) is 3. The molecule has 0 fully saturated rings. The van der Waals surface area contributed by atoms with E-state index in [2.05, 4.69) is 9.88 Å². The fourth-order valence-electron chi connectivity index (χ4n) is 2.83. The first-order chi connectivity index (χ1) is 14.0. The van der Waals surface area contributed by atoms with Crippen molar-refractivity contribution >= 4 is 45.0 Å². The number of aromatic nitrogens is 1. The molecule has 0 atom stereocenters. The molecule has 30 heavy (non-hydrogen) atoms. The average Bonchev–Trinajstić information content (AvgIpc) is 3.12. The molecule has 0 unspecified atom stereocenters. The number of amides is 1. The van der Waals surface area contributed by atoms with Crippen molar-refractivity contribution in [2.75, 3.05) is 45.8 Å². The topological polar surface area (TPSA) is 54.9 Å². The number of para-hydroxylation sites is 2. The number of carbonyl (C=O) groups excluding carboxylic acids is 1. The van der Waals surface area contributed by atoms with Crippen molar-refractivity contribution in [2.45, 2.75) is 6.42 Å². The number of anilines is 1. The third kappa shape index (κ3) is 6.04. The van der Waals surface area contributed by atoms with E-state index in [9.17, 15) is 9.18 Å². The standard InChI is InChI=1S/C21H24FN3O3S.ClH/c1-24(2)11-6-12-25(21-23-16-10-9-15(22)13-19(16)29-21)20(26)14-28-18-8-5-4-7-17(18)27-3;/h4-5,7-10,13H,6,11-12,14H2,1-3H3;1H. The first-order valence-electron chi connectivity index (χ1n) is 9.25. The largest absolute Gasteiger partial charge is 0.493 e. The Bertz CT molecular complexity index is 983. The number of ether oxygens (including phenoxy) is 2. The zero-order valence-electron chi connectivity index (χ0n) is 17.1. The lowest BCUT2D eigenvalue weighted by Gasteiger charge is -2.21. The van der Waals surface area contributed by atoms with Gasteiger partial charge in [0.2, 0.25) is 0 Å². The van der Waals surface area contributed by atoms with Gasteiger partial charge in [0, 0.05) is 6.54 Å². The first-order valence-corrected chi connectivity index (χ1v) is 10.1. The van der Waals surface area contributed by atoms with E-state index in [1.807, 2.05) is 26.2 Å². The number of thiazole rings is 1. The predicted molar refractivity (Wildman–Crippen MR) is 121 cm³/mol. The highest BCUT2D eigenvalue weighted by molar-refractivity contribution is 7.22. The molecule has 9 heteroatoms. The van der Waals surface area contributed by atoms with Crippen LogP contribution >= 0.6 is 23.7 Å². The molecule has 0 radical (unpaired) electrons. The zero-order valence-corrected chi connectivity index (χ0v) is 18.8. The quantitative estimate of drug-likeness (QED) is 0.485. The van der Waals surface area contributed by atoms with Crippen LogP contribution in [0.25, 0.3) is 10.2 Å². The molecule has 0 saturated carbocycles. The number of carbonyl (C=O) groups is 1. The predicted octanol–water partition coefficient (Wildman–Crippen LogP) is 4.23. The van der Waals surface area contributed by atoms with Crippen LogP contribution in [0.5, 0.6) is 11.5 Å². The second-order valence-electron chi connectivity index (χ2n) is 6.75. The van der Waals surface area contributed by atoms with E-state index in [4.69, 9.17) is 9.47 Å². The summed E-state index contributed by atoms with van der Waals surface area (Å²) < 4.78 is 25.2. The lowest BCUT2D eigenvalue weighted by atomic mass is 10.3. The highest BCUT2D eigenvalue weighted by Crippen LogP contribution is 2.30. The smallest absolute Gasteiger partial charge is 0.266 e. The highest BCUT2D eigenvalue weighted by atomic mass is 35.5. The Kier molecular flexibility index (Phi) is 8.83. The minimum Gasteiger partial charge on any atom is -0.493 e. The molecular formula is C21H25ClFN3O3S. The molecule has 1 amide bonds. The Morgan fingerprint density at radius 3 is 2.57 bits per heavy atom. The molecular weight excluding hydrogens is 429 g/mol. The van der Waals surface area contributed by atoms with Gasteiger partial charge in [-0.3, -0.25) is 9.69 Å². The number of hydrogen-bond donors (Lipinski definition) is 0. The van der Waals surface area contributed by atoms with Gasteiger partial charge in [-0.1, -0.05) is 23.5 Å². The molecule has 1 aromatic heterocycles. The van der Waals surface area contributed by atoms with Gasteiger partial charge in [-0.05, 0) is 57.4 Å². The lowest BCUT2D eigenvalue weighted by Crippen LogP contribution is -2.36. The van der Waals surface area contributed by atoms with Gasteiger partial charge in [-0.2, -0.15) is 0 Å². The Morgan fingerprint density at radius 2 is 1.87 bits per heavy atom. The van der Waals surface area contributed by atoms with E-state index in [1.54, 1.807) is 30.2 Å². The summed E-state index contributed by atoms with van der Waals surface area (Å²) in [6.45, 7) is 1.18. The van der Waals surface area contributed by atoms with Crippen molar-refractivity contribution in [1.82, 2.24) is 9.88 Å². The Morgan fingerprint density at radius 1 is 1.13 bits per heavy atom. The Hall–Kier alpha value is -2.42. The number of methoxy groups -OCH3 is 1. The molecule has 0 aliphatic carbocycles. The first kappa shape index (κ1) is 23.9. The van der Waals surface area contributed by atoms with Crippen LogP contribution in [-0.4, -0.2) is 56.7 Å². The molecule has 2 aromatic carbocycles. The van der Waals surface area contributed by atoms with Crippen LogP contribution in [0.1, 0.15) is 6.42 Å². The summed E-state index contributed by atoms with van der Waals surface area (Å²) in [6, 6.07) is 11.6. The summed E-state index contributed by atoms with van der Waals surface area (Å²) >= 11 is 1.30. The van der Waals surface area contributed by atoms with E-state index in [-0.39, 0.29) is 30.7 Å². The van der Waals surface area contributed by atoms with Gasteiger partial charge in [-0.25, -0.2) is 9.37 Å². The minimum atomic E-state index is -0.322. The number of fused-ring (bicyclic) bond motifs is 1. The molecule has 6 nitrogen and oxygen atoms in total.